The van der Waals surface area contributed by atoms with Crippen molar-refractivity contribution < 1.29 is 16.8 Å². The molecule has 3 aromatic rings. The van der Waals surface area contributed by atoms with Crippen LogP contribution in [0.1, 0.15) is 12.8 Å². The van der Waals surface area contributed by atoms with Gasteiger partial charge in [0.25, 0.3) is 0 Å². The van der Waals surface area contributed by atoms with Gasteiger partial charge in [0.05, 0.1) is 9.79 Å². The van der Waals surface area contributed by atoms with Crippen LogP contribution < -0.4 is 0 Å². The molecular formula is C22H21ClO4S3. The fraction of sp³-hybridized carbons (Fsp3) is 0.182. The zero-order valence-electron chi connectivity index (χ0n) is 16.0. The number of thioether (sulfide) groups is 1. The lowest BCUT2D eigenvalue weighted by atomic mass is 10.4. The molecule has 158 valence electrons. The van der Waals surface area contributed by atoms with Gasteiger partial charge in [0.2, 0.25) is 0 Å². The van der Waals surface area contributed by atoms with Gasteiger partial charge in [-0.3, -0.25) is 0 Å². The Morgan fingerprint density at radius 2 is 1.27 bits per heavy atom. The zero-order valence-corrected chi connectivity index (χ0v) is 19.2. The smallest absolute Gasteiger partial charge is 0.195 e. The fourth-order valence-electron chi connectivity index (χ4n) is 3.00. The van der Waals surface area contributed by atoms with Crippen LogP contribution in [0.3, 0.4) is 0 Å². The second kappa shape index (κ2) is 10.0. The SMILES string of the molecule is O=S(=O)(c1ccccc1)C(CCCSc1cccc(Cl)c1)S(=O)(=O)c1ccccc1. The Hall–Kier alpha value is -1.80. The topological polar surface area (TPSA) is 68.3 Å². The maximum atomic E-state index is 13.3. The lowest BCUT2D eigenvalue weighted by Gasteiger charge is -2.18. The Morgan fingerprint density at radius 3 is 1.77 bits per heavy atom. The number of rotatable bonds is 9. The van der Waals surface area contributed by atoms with E-state index in [9.17, 15) is 16.8 Å². The van der Waals surface area contributed by atoms with Crippen LogP contribution >= 0.6 is 23.4 Å². The number of hydrogen-bond donors (Lipinski definition) is 0. The van der Waals surface area contributed by atoms with Crippen LogP contribution in [0, 0.1) is 0 Å². The summed E-state index contributed by atoms with van der Waals surface area (Å²) < 4.78 is 51.5. The van der Waals surface area contributed by atoms with Gasteiger partial charge in [-0.25, -0.2) is 16.8 Å². The first-order valence-electron chi connectivity index (χ1n) is 9.28. The summed E-state index contributed by atoms with van der Waals surface area (Å²) in [7, 11) is -8.15. The Bertz CT molecular complexity index is 1110. The summed E-state index contributed by atoms with van der Waals surface area (Å²) in [5, 5.41) is 0.621. The van der Waals surface area contributed by atoms with Crippen LogP contribution in [0.4, 0.5) is 0 Å². The maximum Gasteiger partial charge on any atom is 0.195 e. The second-order valence-corrected chi connectivity index (χ2v) is 12.8. The van der Waals surface area contributed by atoms with Crippen molar-refractivity contribution in [2.24, 2.45) is 0 Å². The van der Waals surface area contributed by atoms with Gasteiger partial charge < -0.3 is 0 Å². The highest BCUT2D eigenvalue weighted by Gasteiger charge is 2.39. The first-order chi connectivity index (χ1) is 14.3. The van der Waals surface area contributed by atoms with Gasteiger partial charge in [-0.05, 0) is 61.1 Å². The lowest BCUT2D eigenvalue weighted by Crippen LogP contribution is -2.31. The van der Waals surface area contributed by atoms with Crippen molar-refractivity contribution in [2.45, 2.75) is 32.1 Å². The Morgan fingerprint density at radius 1 is 0.733 bits per heavy atom. The molecule has 0 bridgehead atoms. The number of benzene rings is 3. The molecule has 0 fully saturated rings. The van der Waals surface area contributed by atoms with Crippen LogP contribution in [-0.4, -0.2) is 27.2 Å². The fourth-order valence-corrected chi connectivity index (χ4v) is 8.82. The van der Waals surface area contributed by atoms with E-state index in [1.54, 1.807) is 42.5 Å². The molecule has 3 rings (SSSR count). The molecular weight excluding hydrogens is 460 g/mol. The Kier molecular flexibility index (Phi) is 7.63. The van der Waals surface area contributed by atoms with Crippen molar-refractivity contribution in [3.05, 3.63) is 90.0 Å². The van der Waals surface area contributed by atoms with Crippen LogP contribution in [0.5, 0.6) is 0 Å². The van der Waals surface area contributed by atoms with Gasteiger partial charge in [-0.15, -0.1) is 11.8 Å². The summed E-state index contributed by atoms with van der Waals surface area (Å²) in [4.78, 5) is 0.977. The van der Waals surface area contributed by atoms with E-state index >= 15 is 0 Å². The molecule has 0 aliphatic heterocycles. The van der Waals surface area contributed by atoms with Crippen molar-refractivity contribution in [1.82, 2.24) is 0 Å². The molecule has 0 spiro atoms. The molecule has 0 amide bonds. The van der Waals surface area contributed by atoms with Crippen molar-refractivity contribution in [3.63, 3.8) is 0 Å². The predicted octanol–water partition coefficient (Wildman–Crippen LogP) is 5.49. The third-order valence-corrected chi connectivity index (χ3v) is 11.0. The molecule has 0 aromatic heterocycles. The van der Waals surface area contributed by atoms with Crippen LogP contribution in [0.15, 0.2) is 99.6 Å². The number of hydrogen-bond acceptors (Lipinski definition) is 5. The van der Waals surface area contributed by atoms with Crippen LogP contribution in [-0.2, 0) is 19.7 Å². The van der Waals surface area contributed by atoms with Crippen molar-refractivity contribution in [1.29, 1.82) is 0 Å². The highest BCUT2D eigenvalue weighted by molar-refractivity contribution is 8.09. The minimum atomic E-state index is -4.08. The van der Waals surface area contributed by atoms with Crippen molar-refractivity contribution in [2.75, 3.05) is 5.75 Å². The molecule has 0 aliphatic rings. The molecule has 0 aliphatic carbocycles. The first kappa shape index (κ1) is 22.9. The predicted molar refractivity (Wildman–Crippen MR) is 122 cm³/mol. The zero-order chi connectivity index (χ0) is 21.6. The first-order valence-corrected chi connectivity index (χ1v) is 13.7. The van der Waals surface area contributed by atoms with Crippen molar-refractivity contribution in [3.8, 4) is 0 Å². The van der Waals surface area contributed by atoms with Gasteiger partial charge in [-0.1, -0.05) is 54.1 Å². The molecule has 0 heterocycles. The van der Waals surface area contributed by atoms with Gasteiger partial charge in [0.15, 0.2) is 24.3 Å². The summed E-state index contributed by atoms with van der Waals surface area (Å²) >= 11 is 7.51. The second-order valence-electron chi connectivity index (χ2n) is 6.59. The minimum Gasteiger partial charge on any atom is -0.222 e. The summed E-state index contributed by atoms with van der Waals surface area (Å²) in [6.07, 6.45) is 0.419. The summed E-state index contributed by atoms with van der Waals surface area (Å²) in [5.74, 6) is 0.575. The standard InChI is InChI=1S/C22H21ClO4S3/c23-18-9-7-10-19(17-18)28-16-8-15-22(29(24,25)20-11-3-1-4-12-20)30(26,27)21-13-5-2-6-14-21/h1-7,9-14,17,22H,8,15-16H2. The largest absolute Gasteiger partial charge is 0.222 e. The van der Waals surface area contributed by atoms with E-state index in [4.69, 9.17) is 11.6 Å². The summed E-state index contributed by atoms with van der Waals surface area (Å²) in [6, 6.07) is 22.8. The average molecular weight is 481 g/mol. The van der Waals surface area contributed by atoms with E-state index < -0.39 is 24.3 Å². The normalized spacial score (nSPS) is 12.2. The molecule has 0 saturated heterocycles. The van der Waals surface area contributed by atoms with Gasteiger partial charge in [-0.2, -0.15) is 0 Å². The quantitative estimate of drug-likeness (QED) is 0.299. The third-order valence-electron chi connectivity index (χ3n) is 4.48. The number of halogens is 1. The van der Waals surface area contributed by atoms with E-state index in [2.05, 4.69) is 0 Å². The monoisotopic (exact) mass is 480 g/mol. The lowest BCUT2D eigenvalue weighted by molar-refractivity contribution is 0.568. The van der Waals surface area contributed by atoms with E-state index in [1.165, 1.54) is 36.0 Å². The molecule has 0 radical (unpaired) electrons. The van der Waals surface area contributed by atoms with Gasteiger partial charge in [0.1, 0.15) is 0 Å². The van der Waals surface area contributed by atoms with Gasteiger partial charge in [0, 0.05) is 9.92 Å². The molecule has 30 heavy (non-hydrogen) atoms. The summed E-state index contributed by atoms with van der Waals surface area (Å²) in [6.45, 7) is 0. The van der Waals surface area contributed by atoms with Gasteiger partial charge >= 0.3 is 0 Å². The average Bonchev–Trinajstić information content (AvgIpc) is 2.74. The third kappa shape index (κ3) is 5.46. The van der Waals surface area contributed by atoms with E-state index in [0.29, 0.717) is 17.2 Å². The Balaban J connectivity index is 1.85. The van der Waals surface area contributed by atoms with E-state index in [1.807, 2.05) is 18.2 Å². The molecule has 0 saturated carbocycles. The molecule has 0 atom stereocenters. The van der Waals surface area contributed by atoms with E-state index in [0.717, 1.165) is 4.90 Å². The van der Waals surface area contributed by atoms with Crippen LogP contribution in [0.25, 0.3) is 0 Å². The molecule has 8 heteroatoms. The molecule has 4 nitrogen and oxygen atoms in total. The highest BCUT2D eigenvalue weighted by Crippen LogP contribution is 2.30. The highest BCUT2D eigenvalue weighted by atomic mass is 35.5. The molecule has 0 unspecified atom stereocenters. The molecule has 0 N–H and O–H groups in total. The van der Waals surface area contributed by atoms with Crippen molar-refractivity contribution >= 4 is 43.0 Å². The minimum absolute atomic E-state index is 0.00200. The summed E-state index contributed by atoms with van der Waals surface area (Å²) in [5.41, 5.74) is 0. The van der Waals surface area contributed by atoms with E-state index in [-0.39, 0.29) is 16.2 Å². The maximum absolute atomic E-state index is 13.3. The molecule has 3 aromatic carbocycles. The number of sulfone groups is 2. The van der Waals surface area contributed by atoms with Crippen LogP contribution in [0.2, 0.25) is 5.02 Å². The Labute approximate surface area is 187 Å².